The lowest BCUT2D eigenvalue weighted by Crippen LogP contribution is -2.48. The fraction of sp³-hybridized carbons (Fsp3) is 0.440. The number of sulfonamides is 1. The van der Waals surface area contributed by atoms with Crippen LogP contribution in [0.5, 0.6) is 0 Å². The van der Waals surface area contributed by atoms with Crippen LogP contribution in [0.3, 0.4) is 0 Å². The van der Waals surface area contributed by atoms with Crippen LogP contribution < -0.4 is 4.80 Å². The smallest absolute Gasteiger partial charge is 0.279 e. The average molecular weight is 518 g/mol. The minimum Gasteiger partial charge on any atom is -0.380 e. The molecule has 1 fully saturated rings. The Labute approximate surface area is 209 Å². The topological polar surface area (TPSA) is 90.2 Å². The van der Waals surface area contributed by atoms with Crippen molar-refractivity contribution in [2.45, 2.75) is 51.3 Å². The molecular weight excluding hydrogens is 486 g/mol. The van der Waals surface area contributed by atoms with E-state index < -0.39 is 15.9 Å². The summed E-state index contributed by atoms with van der Waals surface area (Å²) in [6.07, 6.45) is -0.347. The molecule has 2 unspecified atom stereocenters. The van der Waals surface area contributed by atoms with E-state index in [-0.39, 0.29) is 17.1 Å². The summed E-state index contributed by atoms with van der Waals surface area (Å²) in [5.74, 6) is -0.420. The first-order valence-corrected chi connectivity index (χ1v) is 14.0. The standard InChI is InChI=1S/C25H31N3O5S2/c1-5-32-14-13-28-23-17(2)7-6-8-22(23)34-25(28)26-24(29)20-9-11-21(12-10-20)35(30,31)27-15-18(3)33-19(4)16-27/h6-12,18-19H,5,13-16H2,1-4H3. The van der Waals surface area contributed by atoms with Gasteiger partial charge in [0.1, 0.15) is 0 Å². The molecule has 3 aromatic rings. The van der Waals surface area contributed by atoms with E-state index in [2.05, 4.69) is 4.99 Å². The summed E-state index contributed by atoms with van der Waals surface area (Å²) in [5, 5.41) is 0. The summed E-state index contributed by atoms with van der Waals surface area (Å²) in [4.78, 5) is 18.2. The Morgan fingerprint density at radius 1 is 1.14 bits per heavy atom. The highest BCUT2D eigenvalue weighted by atomic mass is 32.2. The van der Waals surface area contributed by atoms with Gasteiger partial charge in [-0.2, -0.15) is 9.30 Å². The van der Waals surface area contributed by atoms with Gasteiger partial charge in [-0.25, -0.2) is 8.42 Å². The van der Waals surface area contributed by atoms with Crippen molar-refractivity contribution < 1.29 is 22.7 Å². The number of nitrogens with zero attached hydrogens (tertiary/aromatic N) is 3. The zero-order valence-corrected chi connectivity index (χ0v) is 22.1. The van der Waals surface area contributed by atoms with E-state index in [0.717, 1.165) is 15.8 Å². The Morgan fingerprint density at radius 2 is 1.83 bits per heavy atom. The summed E-state index contributed by atoms with van der Waals surface area (Å²) >= 11 is 1.45. The lowest BCUT2D eigenvalue weighted by molar-refractivity contribution is -0.0440. The van der Waals surface area contributed by atoms with Gasteiger partial charge in [0.2, 0.25) is 10.0 Å². The minimum absolute atomic E-state index is 0.152. The number of hydrogen-bond acceptors (Lipinski definition) is 6. The summed E-state index contributed by atoms with van der Waals surface area (Å²) in [6.45, 7) is 10.0. The second-order valence-electron chi connectivity index (χ2n) is 8.68. The fourth-order valence-electron chi connectivity index (χ4n) is 4.30. The molecule has 4 rings (SSSR count). The number of carbonyl (C=O) groups is 1. The van der Waals surface area contributed by atoms with Crippen molar-refractivity contribution in [1.82, 2.24) is 8.87 Å². The third kappa shape index (κ3) is 5.57. The average Bonchev–Trinajstić information content (AvgIpc) is 3.17. The van der Waals surface area contributed by atoms with Gasteiger partial charge in [0.25, 0.3) is 5.91 Å². The van der Waals surface area contributed by atoms with E-state index in [1.54, 1.807) is 0 Å². The third-order valence-electron chi connectivity index (χ3n) is 5.89. The zero-order valence-electron chi connectivity index (χ0n) is 20.4. The van der Waals surface area contributed by atoms with Gasteiger partial charge in [0, 0.05) is 31.8 Å². The van der Waals surface area contributed by atoms with Crippen LogP contribution >= 0.6 is 11.3 Å². The van der Waals surface area contributed by atoms with E-state index in [0.29, 0.717) is 43.2 Å². The van der Waals surface area contributed by atoms with Gasteiger partial charge < -0.3 is 14.0 Å². The van der Waals surface area contributed by atoms with E-state index in [9.17, 15) is 13.2 Å². The van der Waals surface area contributed by atoms with Gasteiger partial charge in [-0.3, -0.25) is 4.79 Å². The number of amides is 1. The molecule has 8 nitrogen and oxygen atoms in total. The van der Waals surface area contributed by atoms with Gasteiger partial charge in [-0.15, -0.1) is 0 Å². The van der Waals surface area contributed by atoms with Crippen LogP contribution in [0.4, 0.5) is 0 Å². The summed E-state index contributed by atoms with van der Waals surface area (Å²) in [6, 6.07) is 12.0. The SMILES string of the molecule is CCOCCn1c(=NC(=O)c2ccc(S(=O)(=O)N3CC(C)OC(C)C3)cc2)sc2cccc(C)c21. The van der Waals surface area contributed by atoms with Crippen molar-refractivity contribution in [3.63, 3.8) is 0 Å². The molecule has 1 aromatic heterocycles. The molecule has 1 aliphatic rings. The van der Waals surface area contributed by atoms with Crippen LogP contribution in [0.2, 0.25) is 0 Å². The number of hydrogen-bond donors (Lipinski definition) is 0. The number of aromatic nitrogens is 1. The molecule has 0 bridgehead atoms. The van der Waals surface area contributed by atoms with E-state index in [1.165, 1.54) is 39.9 Å². The number of thiazole rings is 1. The van der Waals surface area contributed by atoms with Crippen molar-refractivity contribution in [2.75, 3.05) is 26.3 Å². The van der Waals surface area contributed by atoms with Crippen molar-refractivity contribution in [3.05, 3.63) is 58.4 Å². The molecule has 188 valence electrons. The van der Waals surface area contributed by atoms with Gasteiger partial charge in [-0.05, 0) is 63.6 Å². The van der Waals surface area contributed by atoms with Crippen LogP contribution in [0.1, 0.15) is 36.7 Å². The maximum atomic E-state index is 13.1. The zero-order chi connectivity index (χ0) is 25.2. The predicted octanol–water partition coefficient (Wildman–Crippen LogP) is 3.59. The highest BCUT2D eigenvalue weighted by Crippen LogP contribution is 2.23. The van der Waals surface area contributed by atoms with E-state index in [1.807, 2.05) is 50.5 Å². The van der Waals surface area contributed by atoms with Gasteiger partial charge in [0.05, 0.1) is 33.9 Å². The lowest BCUT2D eigenvalue weighted by Gasteiger charge is -2.34. The third-order valence-corrected chi connectivity index (χ3v) is 8.78. The monoisotopic (exact) mass is 517 g/mol. The Morgan fingerprint density at radius 3 is 2.49 bits per heavy atom. The van der Waals surface area contributed by atoms with Crippen LogP contribution in [0, 0.1) is 6.92 Å². The molecule has 1 amide bonds. The number of rotatable bonds is 7. The van der Waals surface area contributed by atoms with Crippen LogP contribution in [0.25, 0.3) is 10.2 Å². The molecular formula is C25H31N3O5S2. The molecule has 1 saturated heterocycles. The molecule has 2 atom stereocenters. The largest absolute Gasteiger partial charge is 0.380 e. The molecule has 1 aliphatic heterocycles. The molecule has 10 heteroatoms. The van der Waals surface area contributed by atoms with Crippen LogP contribution in [0.15, 0.2) is 52.4 Å². The normalized spacial score (nSPS) is 19.9. The quantitative estimate of drug-likeness (QED) is 0.447. The van der Waals surface area contributed by atoms with Crippen LogP contribution in [-0.4, -0.2) is 61.7 Å². The highest BCUT2D eigenvalue weighted by molar-refractivity contribution is 7.89. The Kier molecular flexibility index (Phi) is 7.87. The number of aryl methyl sites for hydroxylation is 1. The second kappa shape index (κ2) is 10.7. The van der Waals surface area contributed by atoms with E-state index in [4.69, 9.17) is 9.47 Å². The van der Waals surface area contributed by atoms with Crippen molar-refractivity contribution in [1.29, 1.82) is 0 Å². The predicted molar refractivity (Wildman–Crippen MR) is 136 cm³/mol. The molecule has 0 saturated carbocycles. The Hall–Kier alpha value is -2.37. The molecule has 0 radical (unpaired) electrons. The summed E-state index contributed by atoms with van der Waals surface area (Å²) in [5.41, 5.74) is 2.47. The number of para-hydroxylation sites is 1. The summed E-state index contributed by atoms with van der Waals surface area (Å²) in [7, 11) is -3.68. The molecule has 2 heterocycles. The number of benzene rings is 2. The fourth-order valence-corrected chi connectivity index (χ4v) is 7.02. The summed E-state index contributed by atoms with van der Waals surface area (Å²) < 4.78 is 41.9. The second-order valence-corrected chi connectivity index (χ2v) is 11.6. The first-order valence-electron chi connectivity index (χ1n) is 11.7. The molecule has 0 aliphatic carbocycles. The van der Waals surface area contributed by atoms with E-state index >= 15 is 0 Å². The molecule has 0 spiro atoms. The number of ether oxygens (including phenoxy) is 2. The maximum Gasteiger partial charge on any atom is 0.279 e. The van der Waals surface area contributed by atoms with Crippen molar-refractivity contribution >= 4 is 37.5 Å². The molecule has 0 N–H and O–H groups in total. The van der Waals surface area contributed by atoms with Crippen LogP contribution in [-0.2, 0) is 26.0 Å². The first-order chi connectivity index (χ1) is 16.7. The van der Waals surface area contributed by atoms with Gasteiger partial charge >= 0.3 is 0 Å². The number of morpholine rings is 1. The highest BCUT2D eigenvalue weighted by Gasteiger charge is 2.32. The molecule has 35 heavy (non-hydrogen) atoms. The van der Waals surface area contributed by atoms with Crippen molar-refractivity contribution in [3.8, 4) is 0 Å². The number of carbonyl (C=O) groups excluding carboxylic acids is 1. The lowest BCUT2D eigenvalue weighted by atomic mass is 10.2. The Balaban J connectivity index is 1.63. The van der Waals surface area contributed by atoms with Gasteiger partial charge in [0.15, 0.2) is 4.80 Å². The first kappa shape index (κ1) is 25.7. The minimum atomic E-state index is -3.68. The molecule has 2 aromatic carbocycles. The van der Waals surface area contributed by atoms with Crippen molar-refractivity contribution in [2.24, 2.45) is 4.99 Å². The maximum absolute atomic E-state index is 13.1. The Bertz CT molecular complexity index is 1370. The number of fused-ring (bicyclic) bond motifs is 1. The van der Waals surface area contributed by atoms with Gasteiger partial charge in [-0.1, -0.05) is 23.5 Å².